The SMILES string of the molecule is COc1cccc(CN2CCc3cc(O)ccc3C2)c1. The molecule has 3 heteroatoms. The van der Waals surface area contributed by atoms with Crippen molar-refractivity contribution in [3.63, 3.8) is 0 Å². The molecule has 0 atom stereocenters. The van der Waals surface area contributed by atoms with E-state index < -0.39 is 0 Å². The Balaban J connectivity index is 1.72. The Hall–Kier alpha value is -2.00. The average Bonchev–Trinajstić information content (AvgIpc) is 2.47. The fraction of sp³-hybridized carbons (Fsp3) is 0.294. The molecule has 0 saturated heterocycles. The molecular weight excluding hydrogens is 250 g/mol. The van der Waals surface area contributed by atoms with Crippen molar-refractivity contribution < 1.29 is 9.84 Å². The topological polar surface area (TPSA) is 32.7 Å². The van der Waals surface area contributed by atoms with Gasteiger partial charge in [0.05, 0.1) is 7.11 Å². The van der Waals surface area contributed by atoms with Gasteiger partial charge >= 0.3 is 0 Å². The van der Waals surface area contributed by atoms with E-state index in [0.717, 1.165) is 31.8 Å². The molecular formula is C17H19NO2. The maximum atomic E-state index is 9.52. The number of hydrogen-bond donors (Lipinski definition) is 1. The highest BCUT2D eigenvalue weighted by Crippen LogP contribution is 2.24. The molecule has 0 amide bonds. The number of hydrogen-bond acceptors (Lipinski definition) is 3. The van der Waals surface area contributed by atoms with Crippen LogP contribution in [0.25, 0.3) is 0 Å². The van der Waals surface area contributed by atoms with Gasteiger partial charge < -0.3 is 9.84 Å². The lowest BCUT2D eigenvalue weighted by Gasteiger charge is -2.28. The van der Waals surface area contributed by atoms with E-state index in [2.05, 4.69) is 17.0 Å². The number of benzene rings is 2. The average molecular weight is 269 g/mol. The molecule has 0 bridgehead atoms. The molecule has 1 aliphatic heterocycles. The third-order valence-corrected chi connectivity index (χ3v) is 3.82. The number of aromatic hydroxyl groups is 1. The minimum absolute atomic E-state index is 0.366. The van der Waals surface area contributed by atoms with E-state index in [1.807, 2.05) is 24.3 Å². The zero-order chi connectivity index (χ0) is 13.9. The Bertz CT molecular complexity index is 610. The molecule has 0 radical (unpaired) electrons. The summed E-state index contributed by atoms with van der Waals surface area (Å²) in [5, 5.41) is 9.52. The van der Waals surface area contributed by atoms with Crippen LogP contribution in [0.3, 0.4) is 0 Å². The Morgan fingerprint density at radius 3 is 2.90 bits per heavy atom. The second kappa shape index (κ2) is 5.55. The van der Waals surface area contributed by atoms with Gasteiger partial charge in [-0.1, -0.05) is 18.2 Å². The number of rotatable bonds is 3. The number of ether oxygens (including phenoxy) is 1. The van der Waals surface area contributed by atoms with E-state index >= 15 is 0 Å². The van der Waals surface area contributed by atoms with Gasteiger partial charge in [0.2, 0.25) is 0 Å². The lowest BCUT2D eigenvalue weighted by molar-refractivity contribution is 0.245. The Labute approximate surface area is 119 Å². The van der Waals surface area contributed by atoms with Crippen LogP contribution in [0, 0.1) is 0 Å². The van der Waals surface area contributed by atoms with Gasteiger partial charge in [0.15, 0.2) is 0 Å². The van der Waals surface area contributed by atoms with Crippen LogP contribution < -0.4 is 4.74 Å². The van der Waals surface area contributed by atoms with Crippen molar-refractivity contribution in [2.45, 2.75) is 19.5 Å². The molecule has 3 nitrogen and oxygen atoms in total. The first-order chi connectivity index (χ1) is 9.74. The minimum Gasteiger partial charge on any atom is -0.508 e. The molecule has 2 aromatic rings. The van der Waals surface area contributed by atoms with Crippen molar-refractivity contribution in [1.29, 1.82) is 0 Å². The smallest absolute Gasteiger partial charge is 0.119 e. The number of phenols is 1. The second-order valence-corrected chi connectivity index (χ2v) is 5.27. The highest BCUT2D eigenvalue weighted by Gasteiger charge is 2.16. The van der Waals surface area contributed by atoms with Crippen molar-refractivity contribution in [1.82, 2.24) is 4.90 Å². The van der Waals surface area contributed by atoms with Crippen LogP contribution in [0.5, 0.6) is 11.5 Å². The minimum atomic E-state index is 0.366. The fourth-order valence-electron chi connectivity index (χ4n) is 2.76. The van der Waals surface area contributed by atoms with Crippen molar-refractivity contribution in [2.75, 3.05) is 13.7 Å². The number of methoxy groups -OCH3 is 1. The predicted octanol–water partition coefficient (Wildman–Crippen LogP) is 2.96. The summed E-state index contributed by atoms with van der Waals surface area (Å²) >= 11 is 0. The van der Waals surface area contributed by atoms with Crippen LogP contribution >= 0.6 is 0 Å². The van der Waals surface area contributed by atoms with E-state index in [0.29, 0.717) is 5.75 Å². The molecule has 0 fully saturated rings. The maximum absolute atomic E-state index is 9.52. The molecule has 1 N–H and O–H groups in total. The molecule has 1 heterocycles. The number of phenolic OH excluding ortho intramolecular Hbond substituents is 1. The highest BCUT2D eigenvalue weighted by molar-refractivity contribution is 5.36. The first kappa shape index (κ1) is 13.0. The monoisotopic (exact) mass is 269 g/mol. The van der Waals surface area contributed by atoms with Crippen molar-refractivity contribution in [2.24, 2.45) is 0 Å². The second-order valence-electron chi connectivity index (χ2n) is 5.27. The maximum Gasteiger partial charge on any atom is 0.119 e. The molecule has 2 aromatic carbocycles. The van der Waals surface area contributed by atoms with Crippen LogP contribution in [0.1, 0.15) is 16.7 Å². The van der Waals surface area contributed by atoms with Crippen LogP contribution in [0.15, 0.2) is 42.5 Å². The third kappa shape index (κ3) is 2.78. The standard InChI is InChI=1S/C17H19NO2/c1-20-17-4-2-3-13(9-17)11-18-8-7-14-10-16(19)6-5-15(14)12-18/h2-6,9-10,19H,7-8,11-12H2,1H3. The van der Waals surface area contributed by atoms with E-state index in [1.54, 1.807) is 13.2 Å². The van der Waals surface area contributed by atoms with E-state index in [4.69, 9.17) is 4.74 Å². The van der Waals surface area contributed by atoms with Gasteiger partial charge in [-0.3, -0.25) is 4.90 Å². The zero-order valence-electron chi connectivity index (χ0n) is 11.7. The Kier molecular flexibility index (Phi) is 3.61. The summed E-state index contributed by atoms with van der Waals surface area (Å²) in [4.78, 5) is 2.42. The summed E-state index contributed by atoms with van der Waals surface area (Å²) in [7, 11) is 1.70. The molecule has 0 aromatic heterocycles. The van der Waals surface area contributed by atoms with Gasteiger partial charge in [-0.25, -0.2) is 0 Å². The molecule has 3 rings (SSSR count). The van der Waals surface area contributed by atoms with E-state index in [9.17, 15) is 5.11 Å². The first-order valence-corrected chi connectivity index (χ1v) is 6.90. The summed E-state index contributed by atoms with van der Waals surface area (Å²) in [6.45, 7) is 2.89. The fourth-order valence-corrected chi connectivity index (χ4v) is 2.76. The van der Waals surface area contributed by atoms with Crippen molar-refractivity contribution in [3.8, 4) is 11.5 Å². The van der Waals surface area contributed by atoms with E-state index in [1.165, 1.54) is 16.7 Å². The van der Waals surface area contributed by atoms with Gasteiger partial charge in [-0.05, 0) is 47.4 Å². The van der Waals surface area contributed by atoms with E-state index in [-0.39, 0.29) is 0 Å². The largest absolute Gasteiger partial charge is 0.508 e. The van der Waals surface area contributed by atoms with Crippen molar-refractivity contribution in [3.05, 3.63) is 59.2 Å². The molecule has 0 saturated carbocycles. The normalized spacial score (nSPS) is 14.8. The quantitative estimate of drug-likeness (QED) is 0.930. The molecule has 20 heavy (non-hydrogen) atoms. The molecule has 0 spiro atoms. The summed E-state index contributed by atoms with van der Waals surface area (Å²) < 4.78 is 5.27. The summed E-state index contributed by atoms with van der Waals surface area (Å²) in [6, 6.07) is 13.9. The van der Waals surface area contributed by atoms with Gasteiger partial charge in [0, 0.05) is 19.6 Å². The third-order valence-electron chi connectivity index (χ3n) is 3.82. The molecule has 0 unspecified atom stereocenters. The van der Waals surface area contributed by atoms with Gasteiger partial charge in [-0.2, -0.15) is 0 Å². The van der Waals surface area contributed by atoms with Gasteiger partial charge in [-0.15, -0.1) is 0 Å². The van der Waals surface area contributed by atoms with Crippen LogP contribution in [-0.4, -0.2) is 23.7 Å². The highest BCUT2D eigenvalue weighted by atomic mass is 16.5. The van der Waals surface area contributed by atoms with Gasteiger partial charge in [0.25, 0.3) is 0 Å². The van der Waals surface area contributed by atoms with Crippen LogP contribution in [-0.2, 0) is 19.5 Å². The van der Waals surface area contributed by atoms with Crippen molar-refractivity contribution >= 4 is 0 Å². The number of fused-ring (bicyclic) bond motifs is 1. The Morgan fingerprint density at radius 2 is 2.05 bits per heavy atom. The van der Waals surface area contributed by atoms with Gasteiger partial charge in [0.1, 0.15) is 11.5 Å². The predicted molar refractivity (Wildman–Crippen MR) is 78.9 cm³/mol. The summed E-state index contributed by atoms with van der Waals surface area (Å²) in [5.41, 5.74) is 3.86. The summed E-state index contributed by atoms with van der Waals surface area (Å²) in [5.74, 6) is 1.27. The number of nitrogens with zero attached hydrogens (tertiary/aromatic N) is 1. The Morgan fingerprint density at radius 1 is 1.15 bits per heavy atom. The molecule has 104 valence electrons. The molecule has 0 aliphatic carbocycles. The first-order valence-electron chi connectivity index (χ1n) is 6.90. The van der Waals surface area contributed by atoms with Crippen LogP contribution in [0.4, 0.5) is 0 Å². The lowest BCUT2D eigenvalue weighted by Crippen LogP contribution is -2.29. The molecule has 1 aliphatic rings. The lowest BCUT2D eigenvalue weighted by atomic mass is 9.99. The summed E-state index contributed by atoms with van der Waals surface area (Å²) in [6.07, 6.45) is 0.994. The zero-order valence-corrected chi connectivity index (χ0v) is 11.7. The van der Waals surface area contributed by atoms with Crippen LogP contribution in [0.2, 0.25) is 0 Å².